The molecule has 1 amide bonds. The van der Waals surface area contributed by atoms with Crippen molar-refractivity contribution in [3.63, 3.8) is 0 Å². The lowest BCUT2D eigenvalue weighted by molar-refractivity contribution is -0.138. The van der Waals surface area contributed by atoms with Crippen LogP contribution in [-0.4, -0.2) is 41.2 Å². The Balaban J connectivity index is 1.65. The number of hydrogen-bond acceptors (Lipinski definition) is 6. The second kappa shape index (κ2) is 9.43. The number of likely N-dealkylation sites (N-methyl/N-ethyl adjacent to an activating group) is 1. The van der Waals surface area contributed by atoms with Gasteiger partial charge in [0.15, 0.2) is 6.10 Å². The highest BCUT2D eigenvalue weighted by Crippen LogP contribution is 2.22. The van der Waals surface area contributed by atoms with Gasteiger partial charge in [-0.2, -0.15) is 4.98 Å². The molecule has 0 saturated carbocycles. The van der Waals surface area contributed by atoms with Crippen molar-refractivity contribution in [3.05, 3.63) is 59.4 Å². The normalized spacial score (nSPS) is 11.7. The van der Waals surface area contributed by atoms with Gasteiger partial charge in [0.05, 0.1) is 13.7 Å². The second-order valence-electron chi connectivity index (χ2n) is 6.41. The fourth-order valence-electron chi connectivity index (χ4n) is 2.71. The molecule has 0 radical (unpaired) electrons. The van der Waals surface area contributed by atoms with Gasteiger partial charge in [0, 0.05) is 17.6 Å². The van der Waals surface area contributed by atoms with E-state index in [1.54, 1.807) is 38.4 Å². The van der Waals surface area contributed by atoms with Gasteiger partial charge in [-0.25, -0.2) is 0 Å². The Morgan fingerprint density at radius 1 is 1.21 bits per heavy atom. The first-order valence-corrected chi connectivity index (χ1v) is 9.52. The van der Waals surface area contributed by atoms with Crippen LogP contribution in [0, 0.1) is 0 Å². The maximum Gasteiger partial charge on any atom is 0.263 e. The van der Waals surface area contributed by atoms with Crippen LogP contribution in [0.25, 0.3) is 11.4 Å². The number of benzene rings is 2. The standard InChI is InChI=1S/C21H22ClN3O4/c1-4-18(28-16-10-8-15(22)9-11-16)21(26)25(2)13-19-23-20(24-29-19)14-6-5-7-17(12-14)27-3/h5-12,18H,4,13H2,1-3H3/t18-/m0/s1. The Hall–Kier alpha value is -3.06. The van der Waals surface area contributed by atoms with Crippen molar-refractivity contribution in [1.82, 2.24) is 15.0 Å². The molecule has 1 heterocycles. The Morgan fingerprint density at radius 3 is 2.66 bits per heavy atom. The van der Waals surface area contributed by atoms with Crippen molar-refractivity contribution in [2.24, 2.45) is 0 Å². The van der Waals surface area contributed by atoms with Gasteiger partial charge in [-0.3, -0.25) is 4.79 Å². The molecule has 0 bridgehead atoms. The molecule has 0 aliphatic carbocycles. The predicted octanol–water partition coefficient (Wildman–Crippen LogP) is 4.21. The van der Waals surface area contributed by atoms with Gasteiger partial charge >= 0.3 is 0 Å². The monoisotopic (exact) mass is 415 g/mol. The number of methoxy groups -OCH3 is 1. The highest BCUT2D eigenvalue weighted by molar-refractivity contribution is 6.30. The van der Waals surface area contributed by atoms with Crippen LogP contribution >= 0.6 is 11.6 Å². The average Bonchev–Trinajstić information content (AvgIpc) is 3.21. The molecule has 2 aromatic carbocycles. The first kappa shape index (κ1) is 20.7. The third-order valence-electron chi connectivity index (χ3n) is 4.28. The molecule has 152 valence electrons. The minimum absolute atomic E-state index is 0.177. The lowest BCUT2D eigenvalue weighted by atomic mass is 10.2. The van der Waals surface area contributed by atoms with Gasteiger partial charge in [-0.15, -0.1) is 0 Å². The van der Waals surface area contributed by atoms with Gasteiger partial charge < -0.3 is 18.9 Å². The summed E-state index contributed by atoms with van der Waals surface area (Å²) in [6.45, 7) is 2.07. The molecule has 8 heteroatoms. The SMILES string of the molecule is CC[C@H](Oc1ccc(Cl)cc1)C(=O)N(C)Cc1nc(-c2cccc(OC)c2)no1. The van der Waals surface area contributed by atoms with E-state index in [0.717, 1.165) is 5.56 Å². The maximum absolute atomic E-state index is 12.8. The Bertz CT molecular complexity index is 959. The fraction of sp³-hybridized carbons (Fsp3) is 0.286. The summed E-state index contributed by atoms with van der Waals surface area (Å²) >= 11 is 5.89. The van der Waals surface area contributed by atoms with Crippen molar-refractivity contribution < 1.29 is 18.8 Å². The van der Waals surface area contributed by atoms with Crippen LogP contribution in [0.5, 0.6) is 11.5 Å². The number of ether oxygens (including phenoxy) is 2. The largest absolute Gasteiger partial charge is 0.497 e. The molecule has 0 aliphatic heterocycles. The van der Waals surface area contributed by atoms with Crippen molar-refractivity contribution in [2.45, 2.75) is 26.0 Å². The number of aromatic nitrogens is 2. The van der Waals surface area contributed by atoms with Crippen LogP contribution in [0.2, 0.25) is 5.02 Å². The van der Waals surface area contributed by atoms with Crippen LogP contribution in [0.4, 0.5) is 0 Å². The molecule has 1 atom stereocenters. The van der Waals surface area contributed by atoms with Gasteiger partial charge in [0.2, 0.25) is 11.7 Å². The molecule has 29 heavy (non-hydrogen) atoms. The summed E-state index contributed by atoms with van der Waals surface area (Å²) in [5, 5.41) is 4.60. The minimum atomic E-state index is -0.623. The van der Waals surface area contributed by atoms with Crippen molar-refractivity contribution in [3.8, 4) is 22.9 Å². The summed E-state index contributed by atoms with van der Waals surface area (Å²) in [5.41, 5.74) is 0.769. The molecule has 0 unspecified atom stereocenters. The summed E-state index contributed by atoms with van der Waals surface area (Å²) in [7, 11) is 3.27. The Morgan fingerprint density at radius 2 is 1.97 bits per heavy atom. The number of halogens is 1. The van der Waals surface area contributed by atoms with Gasteiger partial charge in [0.1, 0.15) is 11.5 Å². The zero-order chi connectivity index (χ0) is 20.8. The number of nitrogens with zero attached hydrogens (tertiary/aromatic N) is 3. The van der Waals surface area contributed by atoms with Gasteiger partial charge in [-0.1, -0.05) is 35.8 Å². The van der Waals surface area contributed by atoms with E-state index in [1.807, 2.05) is 31.2 Å². The molecule has 0 aliphatic rings. The summed E-state index contributed by atoms with van der Waals surface area (Å²) in [6.07, 6.45) is -0.105. The van der Waals surface area contributed by atoms with E-state index in [1.165, 1.54) is 4.90 Å². The quantitative estimate of drug-likeness (QED) is 0.548. The lowest BCUT2D eigenvalue weighted by Gasteiger charge is -2.22. The molecule has 0 fully saturated rings. The first-order chi connectivity index (χ1) is 14.0. The van der Waals surface area contributed by atoms with E-state index in [-0.39, 0.29) is 12.5 Å². The van der Waals surface area contributed by atoms with Gasteiger partial charge in [-0.05, 0) is 42.8 Å². The number of carbonyl (C=O) groups is 1. The number of hydrogen-bond donors (Lipinski definition) is 0. The van der Waals surface area contributed by atoms with E-state index in [4.69, 9.17) is 25.6 Å². The van der Waals surface area contributed by atoms with Crippen LogP contribution < -0.4 is 9.47 Å². The number of amides is 1. The zero-order valence-electron chi connectivity index (χ0n) is 16.5. The van der Waals surface area contributed by atoms with Crippen LogP contribution in [0.15, 0.2) is 53.1 Å². The Labute approximate surface area is 174 Å². The van der Waals surface area contributed by atoms with Crippen molar-refractivity contribution in [1.29, 1.82) is 0 Å². The molecular weight excluding hydrogens is 394 g/mol. The molecule has 0 spiro atoms. The fourth-order valence-corrected chi connectivity index (χ4v) is 2.84. The van der Waals surface area contributed by atoms with Crippen LogP contribution in [0.1, 0.15) is 19.2 Å². The third-order valence-corrected chi connectivity index (χ3v) is 4.53. The van der Waals surface area contributed by atoms with Crippen molar-refractivity contribution in [2.75, 3.05) is 14.2 Å². The number of rotatable bonds is 8. The van der Waals surface area contributed by atoms with Crippen LogP contribution in [0.3, 0.4) is 0 Å². The Kier molecular flexibility index (Phi) is 6.72. The van der Waals surface area contributed by atoms with E-state index < -0.39 is 6.10 Å². The smallest absolute Gasteiger partial charge is 0.263 e. The highest BCUT2D eigenvalue weighted by atomic mass is 35.5. The van der Waals surface area contributed by atoms with E-state index >= 15 is 0 Å². The second-order valence-corrected chi connectivity index (χ2v) is 6.84. The molecule has 0 saturated heterocycles. The maximum atomic E-state index is 12.8. The van der Waals surface area contributed by atoms with Gasteiger partial charge in [0.25, 0.3) is 5.91 Å². The molecule has 0 N–H and O–H groups in total. The van der Waals surface area contributed by atoms with E-state index in [2.05, 4.69) is 10.1 Å². The average molecular weight is 416 g/mol. The highest BCUT2D eigenvalue weighted by Gasteiger charge is 2.24. The third kappa shape index (κ3) is 5.26. The molecule has 3 aromatic rings. The topological polar surface area (TPSA) is 77.7 Å². The van der Waals surface area contributed by atoms with E-state index in [9.17, 15) is 4.79 Å². The summed E-state index contributed by atoms with van der Waals surface area (Å²) < 4.78 is 16.3. The van der Waals surface area contributed by atoms with Crippen molar-refractivity contribution >= 4 is 17.5 Å². The summed E-state index contributed by atoms with van der Waals surface area (Å²) in [6, 6.07) is 14.3. The zero-order valence-corrected chi connectivity index (χ0v) is 17.2. The van der Waals surface area contributed by atoms with Crippen LogP contribution in [-0.2, 0) is 11.3 Å². The lowest BCUT2D eigenvalue weighted by Crippen LogP contribution is -2.39. The number of carbonyl (C=O) groups excluding carboxylic acids is 1. The molecular formula is C21H22ClN3O4. The molecule has 7 nitrogen and oxygen atoms in total. The summed E-state index contributed by atoms with van der Waals surface area (Å²) in [5.74, 6) is 1.88. The molecule has 1 aromatic heterocycles. The first-order valence-electron chi connectivity index (χ1n) is 9.14. The molecule has 3 rings (SSSR count). The van der Waals surface area contributed by atoms with E-state index in [0.29, 0.717) is 34.7 Å². The predicted molar refractivity (Wildman–Crippen MR) is 109 cm³/mol. The minimum Gasteiger partial charge on any atom is -0.497 e. The summed E-state index contributed by atoms with van der Waals surface area (Å²) in [4.78, 5) is 18.7.